The van der Waals surface area contributed by atoms with Gasteiger partial charge in [-0.05, 0) is 56.7 Å². The van der Waals surface area contributed by atoms with Crippen molar-refractivity contribution in [3.05, 3.63) is 35.6 Å². The van der Waals surface area contributed by atoms with Gasteiger partial charge in [0.05, 0.1) is 5.60 Å². The topological polar surface area (TPSA) is 9.23 Å². The Bertz CT molecular complexity index is 365. The molecule has 1 atom stereocenters. The van der Waals surface area contributed by atoms with Gasteiger partial charge in [0.1, 0.15) is 5.82 Å². The molecule has 0 saturated carbocycles. The lowest BCUT2D eigenvalue weighted by molar-refractivity contribution is 0.0110. The molecule has 18 heavy (non-hydrogen) atoms. The number of benzene rings is 1. The fourth-order valence-corrected chi connectivity index (χ4v) is 2.15. The van der Waals surface area contributed by atoms with Gasteiger partial charge in [-0.25, -0.2) is 4.39 Å². The monoisotopic (exact) mass is 272 g/mol. The van der Waals surface area contributed by atoms with Crippen molar-refractivity contribution in [2.45, 2.75) is 38.7 Å². The zero-order chi connectivity index (χ0) is 13.6. The molecule has 3 heteroatoms. The maximum atomic E-state index is 13.1. The number of hydrogen-bond acceptors (Lipinski definition) is 1. The first kappa shape index (κ1) is 15.5. The SMILES string of the molecule is COC(C)(C)CCC(CCl)Cc1cccc(F)c1. The van der Waals surface area contributed by atoms with Crippen LogP contribution in [0.25, 0.3) is 0 Å². The minimum absolute atomic E-state index is 0.119. The molecule has 0 aromatic heterocycles. The smallest absolute Gasteiger partial charge is 0.123 e. The van der Waals surface area contributed by atoms with Gasteiger partial charge in [0, 0.05) is 13.0 Å². The molecule has 0 aliphatic heterocycles. The van der Waals surface area contributed by atoms with E-state index in [-0.39, 0.29) is 11.4 Å². The quantitative estimate of drug-likeness (QED) is 0.667. The summed E-state index contributed by atoms with van der Waals surface area (Å²) in [6, 6.07) is 6.74. The van der Waals surface area contributed by atoms with Gasteiger partial charge in [-0.15, -0.1) is 11.6 Å². The zero-order valence-electron chi connectivity index (χ0n) is 11.4. The van der Waals surface area contributed by atoms with Crippen LogP contribution < -0.4 is 0 Å². The predicted molar refractivity (Wildman–Crippen MR) is 74.6 cm³/mol. The summed E-state index contributed by atoms with van der Waals surface area (Å²) >= 11 is 5.99. The molecule has 1 rings (SSSR count). The molecule has 1 unspecified atom stereocenters. The maximum absolute atomic E-state index is 13.1. The molecule has 102 valence electrons. The van der Waals surface area contributed by atoms with Gasteiger partial charge in [-0.3, -0.25) is 0 Å². The van der Waals surface area contributed by atoms with Crippen LogP contribution in [0.2, 0.25) is 0 Å². The first-order valence-corrected chi connectivity index (χ1v) is 6.86. The van der Waals surface area contributed by atoms with Crippen LogP contribution in [0.4, 0.5) is 4.39 Å². The predicted octanol–water partition coefficient (Wildman–Crippen LogP) is 4.43. The molecule has 0 amide bonds. The van der Waals surface area contributed by atoms with Crippen LogP contribution in [0.5, 0.6) is 0 Å². The lowest BCUT2D eigenvalue weighted by atomic mass is 9.91. The van der Waals surface area contributed by atoms with Crippen LogP contribution in [0.15, 0.2) is 24.3 Å². The molecular weight excluding hydrogens is 251 g/mol. The van der Waals surface area contributed by atoms with Gasteiger partial charge in [0.2, 0.25) is 0 Å². The maximum Gasteiger partial charge on any atom is 0.123 e. The molecule has 0 saturated heterocycles. The van der Waals surface area contributed by atoms with E-state index in [1.165, 1.54) is 6.07 Å². The molecule has 0 aliphatic carbocycles. The second kappa shape index (κ2) is 7.10. The summed E-state index contributed by atoms with van der Waals surface area (Å²) in [6.45, 7) is 4.14. The highest BCUT2D eigenvalue weighted by Gasteiger charge is 2.19. The molecule has 0 aliphatic rings. The van der Waals surface area contributed by atoms with Gasteiger partial charge in [0.25, 0.3) is 0 Å². The third-order valence-electron chi connectivity index (χ3n) is 3.34. The third-order valence-corrected chi connectivity index (χ3v) is 3.78. The molecule has 1 nitrogen and oxygen atoms in total. The van der Waals surface area contributed by atoms with E-state index in [1.807, 2.05) is 6.07 Å². The van der Waals surface area contributed by atoms with Crippen LogP contribution in [0, 0.1) is 11.7 Å². The van der Waals surface area contributed by atoms with E-state index in [0.717, 1.165) is 24.8 Å². The number of rotatable bonds is 7. The highest BCUT2D eigenvalue weighted by Crippen LogP contribution is 2.23. The Morgan fingerprint density at radius 2 is 2.11 bits per heavy atom. The average Bonchev–Trinajstić information content (AvgIpc) is 2.34. The minimum atomic E-state index is -0.182. The van der Waals surface area contributed by atoms with Crippen molar-refractivity contribution < 1.29 is 9.13 Å². The van der Waals surface area contributed by atoms with E-state index in [9.17, 15) is 4.39 Å². The van der Waals surface area contributed by atoms with Gasteiger partial charge >= 0.3 is 0 Å². The van der Waals surface area contributed by atoms with Crippen molar-refractivity contribution in [3.63, 3.8) is 0 Å². The summed E-state index contributed by atoms with van der Waals surface area (Å²) in [5.41, 5.74) is 0.891. The second-order valence-electron chi connectivity index (χ2n) is 5.36. The summed E-state index contributed by atoms with van der Waals surface area (Å²) < 4.78 is 18.5. The van der Waals surface area contributed by atoms with E-state index in [1.54, 1.807) is 19.2 Å². The van der Waals surface area contributed by atoms with Crippen LogP contribution in [-0.4, -0.2) is 18.6 Å². The van der Waals surface area contributed by atoms with Crippen molar-refractivity contribution in [2.24, 2.45) is 5.92 Å². The van der Waals surface area contributed by atoms with Gasteiger partial charge < -0.3 is 4.74 Å². The lowest BCUT2D eigenvalue weighted by Gasteiger charge is -2.25. The van der Waals surface area contributed by atoms with Crippen LogP contribution in [0.3, 0.4) is 0 Å². The summed E-state index contributed by atoms with van der Waals surface area (Å²) in [5, 5.41) is 0. The molecule has 0 spiro atoms. The zero-order valence-corrected chi connectivity index (χ0v) is 12.1. The third kappa shape index (κ3) is 5.36. The lowest BCUT2D eigenvalue weighted by Crippen LogP contribution is -2.24. The summed E-state index contributed by atoms with van der Waals surface area (Å²) in [7, 11) is 1.72. The first-order chi connectivity index (χ1) is 8.46. The number of hydrogen-bond donors (Lipinski definition) is 0. The standard InChI is InChI=1S/C15H22ClFO/c1-15(2,18-3)8-7-13(11-16)9-12-5-4-6-14(17)10-12/h4-6,10,13H,7-9,11H2,1-3H3. The summed E-state index contributed by atoms with van der Waals surface area (Å²) in [6.07, 6.45) is 2.76. The van der Waals surface area contributed by atoms with E-state index >= 15 is 0 Å². The first-order valence-electron chi connectivity index (χ1n) is 6.32. The summed E-state index contributed by atoms with van der Waals surface area (Å²) in [5.74, 6) is 0.775. The van der Waals surface area contributed by atoms with E-state index in [4.69, 9.17) is 16.3 Å². The largest absolute Gasteiger partial charge is 0.379 e. The van der Waals surface area contributed by atoms with Gasteiger partial charge in [-0.2, -0.15) is 0 Å². The molecule has 0 bridgehead atoms. The van der Waals surface area contributed by atoms with E-state index in [2.05, 4.69) is 13.8 Å². The Morgan fingerprint density at radius 1 is 1.39 bits per heavy atom. The Hall–Kier alpha value is -0.600. The average molecular weight is 273 g/mol. The number of ether oxygens (including phenoxy) is 1. The number of methoxy groups -OCH3 is 1. The van der Waals surface area contributed by atoms with Crippen LogP contribution in [-0.2, 0) is 11.2 Å². The Balaban J connectivity index is 2.52. The van der Waals surface area contributed by atoms with Crippen molar-refractivity contribution in [1.29, 1.82) is 0 Å². The molecule has 1 aromatic rings. The van der Waals surface area contributed by atoms with Gasteiger partial charge in [0.15, 0.2) is 0 Å². The van der Waals surface area contributed by atoms with Crippen molar-refractivity contribution >= 4 is 11.6 Å². The Kier molecular flexibility index (Phi) is 6.10. The van der Waals surface area contributed by atoms with Gasteiger partial charge in [-0.1, -0.05) is 12.1 Å². The fourth-order valence-electron chi connectivity index (χ4n) is 1.88. The van der Waals surface area contributed by atoms with E-state index < -0.39 is 0 Å². The molecular formula is C15H22ClFO. The highest BCUT2D eigenvalue weighted by molar-refractivity contribution is 6.18. The van der Waals surface area contributed by atoms with Crippen LogP contribution >= 0.6 is 11.6 Å². The Labute approximate surface area is 114 Å². The highest BCUT2D eigenvalue weighted by atomic mass is 35.5. The van der Waals surface area contributed by atoms with Crippen LogP contribution in [0.1, 0.15) is 32.3 Å². The summed E-state index contributed by atoms with van der Waals surface area (Å²) in [4.78, 5) is 0. The van der Waals surface area contributed by atoms with E-state index in [0.29, 0.717) is 11.8 Å². The molecule has 1 aromatic carbocycles. The minimum Gasteiger partial charge on any atom is -0.379 e. The number of halogens is 2. The van der Waals surface area contributed by atoms with Crippen molar-refractivity contribution in [3.8, 4) is 0 Å². The molecule has 0 N–H and O–H groups in total. The fraction of sp³-hybridized carbons (Fsp3) is 0.600. The normalized spacial score (nSPS) is 13.6. The molecule has 0 radical (unpaired) electrons. The Morgan fingerprint density at radius 3 is 2.67 bits per heavy atom. The van der Waals surface area contributed by atoms with Crippen molar-refractivity contribution in [2.75, 3.05) is 13.0 Å². The number of alkyl halides is 1. The molecule has 0 heterocycles. The van der Waals surface area contributed by atoms with Crippen molar-refractivity contribution in [1.82, 2.24) is 0 Å². The second-order valence-corrected chi connectivity index (χ2v) is 5.67. The molecule has 0 fully saturated rings.